The number of hydrogen-bond donors (Lipinski definition) is 2. The molecule has 2 N–H and O–H groups in total. The molecule has 2 aliphatic carbocycles. The normalized spacial score (nSPS) is 34.0. The lowest BCUT2D eigenvalue weighted by Crippen LogP contribution is -2.57. The van der Waals surface area contributed by atoms with E-state index in [0.717, 1.165) is 37.7 Å². The average Bonchev–Trinajstić information content (AvgIpc) is 2.49. The summed E-state index contributed by atoms with van der Waals surface area (Å²) in [5.74, 6) is -0.986. The quantitative estimate of drug-likeness (QED) is 0.529. The maximum Gasteiger partial charge on any atom is 0.303 e. The summed E-state index contributed by atoms with van der Waals surface area (Å²) in [7, 11) is 0. The Morgan fingerprint density at radius 3 is 2.44 bits per heavy atom. The lowest BCUT2D eigenvalue weighted by Gasteiger charge is -2.58. The van der Waals surface area contributed by atoms with E-state index >= 15 is 0 Å². The molecular weight excluding hydrogens is 344 g/mol. The van der Waals surface area contributed by atoms with Crippen molar-refractivity contribution in [3.8, 4) is 0 Å². The van der Waals surface area contributed by atoms with Gasteiger partial charge >= 0.3 is 11.9 Å². The molecule has 0 aromatic rings. The second-order valence-corrected chi connectivity index (χ2v) is 9.66. The SMILES string of the molecule is CC(=O)O[C@@H]1[C@H](O)C(C)=C(CC[C@@H](C)CC(=O)O)[C@]2(C)CCCC(C)(C)[C@@H]12. The molecule has 0 aromatic carbocycles. The van der Waals surface area contributed by atoms with E-state index in [1.54, 1.807) is 0 Å². The molecule has 1 saturated carbocycles. The summed E-state index contributed by atoms with van der Waals surface area (Å²) >= 11 is 0. The maximum atomic E-state index is 11.7. The van der Waals surface area contributed by atoms with Gasteiger partial charge in [0.25, 0.3) is 0 Å². The van der Waals surface area contributed by atoms with Gasteiger partial charge in [-0.05, 0) is 54.9 Å². The van der Waals surface area contributed by atoms with E-state index in [-0.39, 0.29) is 35.1 Å². The number of carbonyl (C=O) groups is 2. The number of rotatable bonds is 6. The molecule has 2 aliphatic rings. The van der Waals surface area contributed by atoms with Gasteiger partial charge in [-0.15, -0.1) is 0 Å². The number of allylic oxidation sites excluding steroid dienone is 1. The molecule has 5 nitrogen and oxygen atoms in total. The number of aliphatic carboxylic acids is 1. The fraction of sp³-hybridized carbons (Fsp3) is 0.818. The molecule has 0 radical (unpaired) electrons. The van der Waals surface area contributed by atoms with Crippen molar-refractivity contribution in [1.29, 1.82) is 0 Å². The number of carbonyl (C=O) groups excluding carboxylic acids is 1. The molecule has 5 heteroatoms. The summed E-state index contributed by atoms with van der Waals surface area (Å²) in [6.07, 6.45) is 3.56. The van der Waals surface area contributed by atoms with Crippen molar-refractivity contribution in [3.05, 3.63) is 11.1 Å². The molecule has 0 heterocycles. The van der Waals surface area contributed by atoms with Crippen LogP contribution in [0.2, 0.25) is 0 Å². The Morgan fingerprint density at radius 2 is 1.89 bits per heavy atom. The van der Waals surface area contributed by atoms with Crippen LogP contribution in [0.1, 0.15) is 80.1 Å². The van der Waals surface area contributed by atoms with Crippen LogP contribution in [0.15, 0.2) is 11.1 Å². The highest BCUT2D eigenvalue weighted by molar-refractivity contribution is 5.67. The number of aliphatic hydroxyl groups is 1. The molecule has 0 aliphatic heterocycles. The molecule has 0 unspecified atom stereocenters. The van der Waals surface area contributed by atoms with Crippen LogP contribution >= 0.6 is 0 Å². The minimum atomic E-state index is -0.797. The lowest BCUT2D eigenvalue weighted by molar-refractivity contribution is -0.173. The van der Waals surface area contributed by atoms with Crippen molar-refractivity contribution in [2.24, 2.45) is 22.7 Å². The largest absolute Gasteiger partial charge is 0.481 e. The first kappa shape index (κ1) is 21.9. The van der Waals surface area contributed by atoms with Crippen molar-refractivity contribution < 1.29 is 24.5 Å². The lowest BCUT2D eigenvalue weighted by atomic mass is 9.48. The standard InChI is InChI=1S/C22H36O5/c1-13(12-17(24)25)8-9-16-14(2)18(26)19(27-15(3)23)20-21(4,5)10-7-11-22(16,20)6/h13,18-20,26H,7-12H2,1-6H3,(H,24,25)/t13-,18-,19-,20-,22+/m1/s1. The van der Waals surface area contributed by atoms with Crippen molar-refractivity contribution in [2.45, 2.75) is 92.3 Å². The van der Waals surface area contributed by atoms with Crippen LogP contribution in [0.3, 0.4) is 0 Å². The van der Waals surface area contributed by atoms with Crippen LogP contribution in [-0.2, 0) is 14.3 Å². The summed E-state index contributed by atoms with van der Waals surface area (Å²) in [6.45, 7) is 12.0. The summed E-state index contributed by atoms with van der Waals surface area (Å²) in [4.78, 5) is 22.7. The first-order valence-corrected chi connectivity index (χ1v) is 10.2. The zero-order valence-electron chi connectivity index (χ0n) is 17.7. The average molecular weight is 381 g/mol. The number of carboxylic acids is 1. The van der Waals surface area contributed by atoms with Crippen LogP contribution in [0.4, 0.5) is 0 Å². The molecular formula is C22H36O5. The predicted octanol–water partition coefficient (Wildman–Crippen LogP) is 4.33. The Hall–Kier alpha value is -1.36. The van der Waals surface area contributed by atoms with Gasteiger partial charge in [0.05, 0.1) is 0 Å². The maximum absolute atomic E-state index is 11.7. The zero-order valence-corrected chi connectivity index (χ0v) is 17.7. The molecule has 0 bridgehead atoms. The number of carboxylic acid groups (broad SMARTS) is 1. The Bertz CT molecular complexity index is 620. The molecule has 0 aromatic heterocycles. The van der Waals surface area contributed by atoms with Crippen LogP contribution < -0.4 is 0 Å². The molecule has 0 spiro atoms. The van der Waals surface area contributed by atoms with E-state index < -0.39 is 18.2 Å². The fourth-order valence-electron chi connectivity index (χ4n) is 5.89. The third-order valence-corrected chi connectivity index (χ3v) is 7.01. The van der Waals surface area contributed by atoms with E-state index in [2.05, 4.69) is 20.8 Å². The first-order chi connectivity index (χ1) is 12.4. The second kappa shape index (κ2) is 7.94. The minimum absolute atomic E-state index is 0.0473. The number of aliphatic hydroxyl groups excluding tert-OH is 1. The Balaban J connectivity index is 2.41. The van der Waals surface area contributed by atoms with Gasteiger partial charge in [-0.3, -0.25) is 9.59 Å². The van der Waals surface area contributed by atoms with Crippen molar-refractivity contribution >= 4 is 11.9 Å². The van der Waals surface area contributed by atoms with Gasteiger partial charge in [0.15, 0.2) is 0 Å². The van der Waals surface area contributed by atoms with Gasteiger partial charge in [0.2, 0.25) is 0 Å². The second-order valence-electron chi connectivity index (χ2n) is 9.66. The Kier molecular flexibility index (Phi) is 6.45. The summed E-state index contributed by atoms with van der Waals surface area (Å²) in [5.41, 5.74) is 1.95. The van der Waals surface area contributed by atoms with E-state index in [9.17, 15) is 14.7 Å². The third kappa shape index (κ3) is 4.39. The van der Waals surface area contributed by atoms with Crippen LogP contribution in [0.25, 0.3) is 0 Å². The Labute approximate surface area is 163 Å². The van der Waals surface area contributed by atoms with E-state index in [0.29, 0.717) is 0 Å². The molecule has 5 atom stereocenters. The smallest absolute Gasteiger partial charge is 0.303 e. The monoisotopic (exact) mass is 380 g/mol. The highest BCUT2D eigenvalue weighted by atomic mass is 16.6. The van der Waals surface area contributed by atoms with Crippen molar-refractivity contribution in [3.63, 3.8) is 0 Å². The van der Waals surface area contributed by atoms with Gasteiger partial charge in [0.1, 0.15) is 12.2 Å². The van der Waals surface area contributed by atoms with Gasteiger partial charge in [-0.25, -0.2) is 0 Å². The number of fused-ring (bicyclic) bond motifs is 1. The summed E-state index contributed by atoms with van der Waals surface area (Å²) < 4.78 is 5.67. The highest BCUT2D eigenvalue weighted by Gasteiger charge is 2.57. The molecule has 1 fully saturated rings. The fourth-order valence-corrected chi connectivity index (χ4v) is 5.89. The van der Waals surface area contributed by atoms with Gasteiger partial charge in [-0.2, -0.15) is 0 Å². The first-order valence-electron chi connectivity index (χ1n) is 10.2. The van der Waals surface area contributed by atoms with Gasteiger partial charge < -0.3 is 14.9 Å². The molecule has 0 saturated heterocycles. The number of ether oxygens (including phenoxy) is 1. The van der Waals surface area contributed by atoms with E-state index in [1.165, 1.54) is 12.5 Å². The van der Waals surface area contributed by atoms with E-state index in [4.69, 9.17) is 9.84 Å². The third-order valence-electron chi connectivity index (χ3n) is 7.01. The summed E-state index contributed by atoms with van der Waals surface area (Å²) in [5, 5.41) is 20.1. The predicted molar refractivity (Wildman–Crippen MR) is 104 cm³/mol. The molecule has 0 amide bonds. The topological polar surface area (TPSA) is 83.8 Å². The summed E-state index contributed by atoms with van der Waals surface area (Å²) in [6, 6.07) is 0. The molecule has 2 rings (SSSR count). The molecule has 27 heavy (non-hydrogen) atoms. The zero-order chi connectivity index (χ0) is 20.6. The van der Waals surface area contributed by atoms with Gasteiger partial charge in [-0.1, -0.05) is 39.7 Å². The van der Waals surface area contributed by atoms with E-state index in [1.807, 2.05) is 13.8 Å². The van der Waals surface area contributed by atoms with Gasteiger partial charge in [0, 0.05) is 19.3 Å². The molecule has 154 valence electrons. The van der Waals surface area contributed by atoms with Crippen molar-refractivity contribution in [2.75, 3.05) is 0 Å². The van der Waals surface area contributed by atoms with Crippen LogP contribution in [0, 0.1) is 22.7 Å². The van der Waals surface area contributed by atoms with Crippen molar-refractivity contribution in [1.82, 2.24) is 0 Å². The minimum Gasteiger partial charge on any atom is -0.481 e. The highest BCUT2D eigenvalue weighted by Crippen LogP contribution is 2.61. The van der Waals surface area contributed by atoms with Crippen LogP contribution in [0.5, 0.6) is 0 Å². The van der Waals surface area contributed by atoms with Crippen LogP contribution in [-0.4, -0.2) is 34.4 Å². The number of hydrogen-bond acceptors (Lipinski definition) is 4. The Morgan fingerprint density at radius 1 is 1.26 bits per heavy atom. The number of esters is 1.